The molecule has 0 aromatic heterocycles. The Hall–Kier alpha value is -1.14. The molecule has 2 rings (SSSR count). The molecular weight excluding hydrogens is 269 g/mol. The molecule has 6 heteroatoms. The summed E-state index contributed by atoms with van der Waals surface area (Å²) in [5.41, 5.74) is 0.294. The van der Waals surface area contributed by atoms with Crippen LogP contribution in [0.1, 0.15) is 18.5 Å². The van der Waals surface area contributed by atoms with Crippen LogP contribution in [0, 0.1) is 11.7 Å². The zero-order chi connectivity index (χ0) is 14.0. The first kappa shape index (κ1) is 14.3. The first-order valence-corrected chi connectivity index (χ1v) is 8.01. The van der Waals surface area contributed by atoms with Crippen molar-refractivity contribution in [2.75, 3.05) is 25.2 Å². The fourth-order valence-electron chi connectivity index (χ4n) is 2.44. The number of rotatable bonds is 2. The van der Waals surface area contributed by atoms with Crippen LogP contribution in [0.4, 0.5) is 4.39 Å². The van der Waals surface area contributed by atoms with Crippen molar-refractivity contribution in [3.63, 3.8) is 0 Å². The van der Waals surface area contributed by atoms with Gasteiger partial charge >= 0.3 is 0 Å². The van der Waals surface area contributed by atoms with Gasteiger partial charge in [-0.05, 0) is 24.6 Å². The Morgan fingerprint density at radius 3 is 2.79 bits per heavy atom. The summed E-state index contributed by atoms with van der Waals surface area (Å²) in [7, 11) is -1.74. The molecule has 0 spiro atoms. The van der Waals surface area contributed by atoms with Crippen LogP contribution < -0.4 is 10.1 Å². The molecular formula is C13H18FNO3S. The number of nitrogens with one attached hydrogen (secondary N) is 1. The smallest absolute Gasteiger partial charge is 0.152 e. The summed E-state index contributed by atoms with van der Waals surface area (Å²) in [4.78, 5) is 0. The van der Waals surface area contributed by atoms with Crippen molar-refractivity contribution in [1.82, 2.24) is 5.32 Å². The molecule has 0 radical (unpaired) electrons. The van der Waals surface area contributed by atoms with Crippen LogP contribution >= 0.6 is 0 Å². The van der Waals surface area contributed by atoms with Crippen molar-refractivity contribution in [1.29, 1.82) is 0 Å². The molecule has 0 aliphatic carbocycles. The molecule has 19 heavy (non-hydrogen) atoms. The lowest BCUT2D eigenvalue weighted by Crippen LogP contribution is -2.27. The van der Waals surface area contributed by atoms with Crippen molar-refractivity contribution in [2.24, 2.45) is 5.92 Å². The summed E-state index contributed by atoms with van der Waals surface area (Å²) in [6, 6.07) is 3.94. The summed E-state index contributed by atoms with van der Waals surface area (Å²) in [5, 5.41) is 3.12. The molecule has 0 amide bonds. The second kappa shape index (κ2) is 5.46. The summed E-state index contributed by atoms with van der Waals surface area (Å²) in [6.07, 6.45) is 0. The van der Waals surface area contributed by atoms with E-state index >= 15 is 0 Å². The SMILES string of the molecule is COc1cccc(F)c1C1CS(=O)(=O)CC(C)CN1. The third kappa shape index (κ3) is 3.25. The van der Waals surface area contributed by atoms with Gasteiger partial charge in [0.05, 0.1) is 24.7 Å². The highest BCUT2D eigenvalue weighted by Gasteiger charge is 2.30. The Bertz CT molecular complexity index is 559. The Kier molecular flexibility index (Phi) is 4.10. The molecule has 1 fully saturated rings. The molecule has 1 N–H and O–H groups in total. The van der Waals surface area contributed by atoms with Crippen molar-refractivity contribution < 1.29 is 17.5 Å². The van der Waals surface area contributed by atoms with Gasteiger partial charge in [0, 0.05) is 5.56 Å². The minimum atomic E-state index is -3.19. The second-order valence-electron chi connectivity index (χ2n) is 5.00. The standard InChI is InChI=1S/C13H18FNO3S/c1-9-6-15-11(8-19(16,17)7-9)13-10(14)4-3-5-12(13)18-2/h3-5,9,11,15H,6-8H2,1-2H3. The summed E-state index contributed by atoms with van der Waals surface area (Å²) in [6.45, 7) is 2.41. The molecule has 1 aromatic rings. The van der Waals surface area contributed by atoms with Gasteiger partial charge in [0.25, 0.3) is 0 Å². The zero-order valence-electron chi connectivity index (χ0n) is 11.0. The Labute approximate surface area is 112 Å². The van der Waals surface area contributed by atoms with E-state index in [1.54, 1.807) is 12.1 Å². The summed E-state index contributed by atoms with van der Waals surface area (Å²) < 4.78 is 43.1. The van der Waals surface area contributed by atoms with Gasteiger partial charge in [-0.3, -0.25) is 0 Å². The normalized spacial score (nSPS) is 26.7. The average Bonchev–Trinajstić information content (AvgIpc) is 2.46. The predicted octanol–water partition coefficient (Wildman–Crippen LogP) is 1.53. The Morgan fingerprint density at radius 1 is 1.37 bits per heavy atom. The van der Waals surface area contributed by atoms with Gasteiger partial charge in [0.2, 0.25) is 0 Å². The topological polar surface area (TPSA) is 55.4 Å². The maximum atomic E-state index is 14.0. The molecule has 1 aliphatic heterocycles. The molecule has 1 saturated heterocycles. The number of sulfone groups is 1. The van der Waals surface area contributed by atoms with Crippen molar-refractivity contribution in [2.45, 2.75) is 13.0 Å². The number of hydrogen-bond acceptors (Lipinski definition) is 4. The average molecular weight is 287 g/mol. The molecule has 1 aromatic carbocycles. The first-order chi connectivity index (χ1) is 8.93. The number of benzene rings is 1. The highest BCUT2D eigenvalue weighted by Crippen LogP contribution is 2.30. The van der Waals surface area contributed by atoms with Crippen molar-refractivity contribution in [3.05, 3.63) is 29.6 Å². The van der Waals surface area contributed by atoms with E-state index in [1.807, 2.05) is 6.92 Å². The highest BCUT2D eigenvalue weighted by molar-refractivity contribution is 7.91. The van der Waals surface area contributed by atoms with Crippen molar-refractivity contribution >= 4 is 9.84 Å². The molecule has 0 bridgehead atoms. The Morgan fingerprint density at radius 2 is 2.11 bits per heavy atom. The third-order valence-electron chi connectivity index (χ3n) is 3.25. The number of methoxy groups -OCH3 is 1. The quantitative estimate of drug-likeness (QED) is 0.896. The largest absolute Gasteiger partial charge is 0.496 e. The van der Waals surface area contributed by atoms with E-state index in [0.717, 1.165) is 0 Å². The van der Waals surface area contributed by atoms with Gasteiger partial charge in [-0.2, -0.15) is 0 Å². The second-order valence-corrected chi connectivity index (χ2v) is 7.15. The van der Waals surface area contributed by atoms with Gasteiger partial charge in [-0.1, -0.05) is 13.0 Å². The van der Waals surface area contributed by atoms with E-state index in [2.05, 4.69) is 5.32 Å². The van der Waals surface area contributed by atoms with E-state index < -0.39 is 21.7 Å². The fraction of sp³-hybridized carbons (Fsp3) is 0.538. The van der Waals surface area contributed by atoms with Gasteiger partial charge < -0.3 is 10.1 Å². The van der Waals surface area contributed by atoms with E-state index in [1.165, 1.54) is 13.2 Å². The molecule has 4 nitrogen and oxygen atoms in total. The molecule has 1 heterocycles. The van der Waals surface area contributed by atoms with Gasteiger partial charge in [0.1, 0.15) is 11.6 Å². The van der Waals surface area contributed by atoms with Gasteiger partial charge in [-0.25, -0.2) is 12.8 Å². The highest BCUT2D eigenvalue weighted by atomic mass is 32.2. The number of hydrogen-bond donors (Lipinski definition) is 1. The molecule has 0 saturated carbocycles. The first-order valence-electron chi connectivity index (χ1n) is 6.19. The molecule has 106 valence electrons. The van der Waals surface area contributed by atoms with Crippen molar-refractivity contribution in [3.8, 4) is 5.75 Å². The lowest BCUT2D eigenvalue weighted by molar-refractivity contribution is 0.392. The van der Waals surface area contributed by atoms with Gasteiger partial charge in [-0.15, -0.1) is 0 Å². The van der Waals surface area contributed by atoms with Crippen LogP contribution in [0.15, 0.2) is 18.2 Å². The summed E-state index contributed by atoms with van der Waals surface area (Å²) in [5.74, 6) is -0.0151. The third-order valence-corrected chi connectivity index (χ3v) is 5.17. The molecule has 2 atom stereocenters. The molecule has 2 unspecified atom stereocenters. The minimum Gasteiger partial charge on any atom is -0.496 e. The Balaban J connectivity index is 2.41. The van der Waals surface area contributed by atoms with Crippen LogP contribution in [0.5, 0.6) is 5.75 Å². The minimum absolute atomic E-state index is 0.0211. The van der Waals surface area contributed by atoms with Crippen LogP contribution in [0.2, 0.25) is 0 Å². The number of ether oxygens (including phenoxy) is 1. The maximum absolute atomic E-state index is 14.0. The fourth-order valence-corrected chi connectivity index (χ4v) is 4.35. The van der Waals surface area contributed by atoms with Crippen LogP contribution in [0.25, 0.3) is 0 Å². The van der Waals surface area contributed by atoms with Crippen LogP contribution in [-0.2, 0) is 9.84 Å². The lowest BCUT2D eigenvalue weighted by atomic mass is 10.1. The summed E-state index contributed by atoms with van der Waals surface area (Å²) >= 11 is 0. The van der Waals surface area contributed by atoms with Crippen LogP contribution in [0.3, 0.4) is 0 Å². The number of halogens is 1. The van der Waals surface area contributed by atoms with E-state index in [-0.39, 0.29) is 17.4 Å². The lowest BCUT2D eigenvalue weighted by Gasteiger charge is -2.19. The van der Waals surface area contributed by atoms with Gasteiger partial charge in [0.15, 0.2) is 9.84 Å². The maximum Gasteiger partial charge on any atom is 0.152 e. The molecule has 1 aliphatic rings. The zero-order valence-corrected chi connectivity index (χ0v) is 11.8. The van der Waals surface area contributed by atoms with E-state index in [4.69, 9.17) is 4.74 Å². The van der Waals surface area contributed by atoms with E-state index in [9.17, 15) is 12.8 Å². The van der Waals surface area contributed by atoms with E-state index in [0.29, 0.717) is 17.9 Å². The predicted molar refractivity (Wildman–Crippen MR) is 71.5 cm³/mol. The monoisotopic (exact) mass is 287 g/mol. The van der Waals surface area contributed by atoms with Crippen LogP contribution in [-0.4, -0.2) is 33.6 Å².